The summed E-state index contributed by atoms with van der Waals surface area (Å²) in [4.78, 5) is 11.5. The summed E-state index contributed by atoms with van der Waals surface area (Å²) in [6.07, 6.45) is 6.87. The van der Waals surface area contributed by atoms with Gasteiger partial charge in [-0.15, -0.1) is 0 Å². The molecule has 5 rings (SSSR count). The van der Waals surface area contributed by atoms with Gasteiger partial charge < -0.3 is 15.5 Å². The predicted octanol–water partition coefficient (Wildman–Crippen LogP) is 7.08. The van der Waals surface area contributed by atoms with Crippen LogP contribution in [-0.2, 0) is 0 Å². The highest BCUT2D eigenvalue weighted by Crippen LogP contribution is 2.32. The van der Waals surface area contributed by atoms with Crippen LogP contribution in [0.5, 0.6) is 0 Å². The molecule has 37 heavy (non-hydrogen) atoms. The molecule has 2 N–H and O–H groups in total. The largest absolute Gasteiger partial charge is 0.372 e. The minimum absolute atomic E-state index is 0.0209. The molecule has 1 aliphatic rings. The van der Waals surface area contributed by atoms with Crippen molar-refractivity contribution in [1.82, 2.24) is 19.7 Å². The van der Waals surface area contributed by atoms with Gasteiger partial charge in [-0.3, -0.25) is 0 Å². The lowest BCUT2D eigenvalue weighted by Gasteiger charge is -2.28. The van der Waals surface area contributed by atoms with Crippen molar-refractivity contribution in [2.75, 3.05) is 28.6 Å². The molecule has 0 radical (unpaired) electrons. The molecule has 0 saturated carbocycles. The van der Waals surface area contributed by atoms with Crippen LogP contribution in [0.1, 0.15) is 52.0 Å². The average molecular weight is 510 g/mol. The first-order valence-corrected chi connectivity index (χ1v) is 12.8. The van der Waals surface area contributed by atoms with E-state index in [0.717, 1.165) is 31.6 Å². The van der Waals surface area contributed by atoms with Crippen LogP contribution in [0.15, 0.2) is 42.6 Å². The highest BCUT2D eigenvalue weighted by molar-refractivity contribution is 5.90. The van der Waals surface area contributed by atoms with E-state index in [1.54, 1.807) is 10.9 Å². The summed E-state index contributed by atoms with van der Waals surface area (Å²) < 4.78 is 43.8. The lowest BCUT2D eigenvalue weighted by Crippen LogP contribution is -2.29. The Balaban J connectivity index is 1.46. The van der Waals surface area contributed by atoms with Gasteiger partial charge in [0.2, 0.25) is 5.95 Å². The first-order chi connectivity index (χ1) is 18.0. The minimum atomic E-state index is -1.05. The number of hydrogen-bond donors (Lipinski definition) is 2. The summed E-state index contributed by atoms with van der Waals surface area (Å²) in [5, 5.41) is 11.0. The summed E-state index contributed by atoms with van der Waals surface area (Å²) in [6.45, 7) is 6.24. The van der Waals surface area contributed by atoms with Gasteiger partial charge in [-0.05, 0) is 56.4 Å². The van der Waals surface area contributed by atoms with Crippen molar-refractivity contribution in [2.24, 2.45) is 0 Å². The molecule has 0 aliphatic carbocycles. The van der Waals surface area contributed by atoms with E-state index < -0.39 is 23.1 Å². The number of nitrogens with zero attached hydrogens (tertiary/aromatic N) is 5. The maximum atomic E-state index is 14.3. The molecule has 1 saturated heterocycles. The van der Waals surface area contributed by atoms with E-state index in [-0.39, 0.29) is 11.9 Å². The summed E-state index contributed by atoms with van der Waals surface area (Å²) in [7, 11) is 0. The topological polar surface area (TPSA) is 70.9 Å². The highest BCUT2D eigenvalue weighted by Gasteiger charge is 2.21. The number of anilines is 5. The second-order valence-electron chi connectivity index (χ2n) is 9.28. The molecule has 3 heterocycles. The van der Waals surface area contributed by atoms with Gasteiger partial charge in [0.05, 0.1) is 11.4 Å². The monoisotopic (exact) mass is 509 g/mol. The molecule has 1 fully saturated rings. The predicted molar refractivity (Wildman–Crippen MR) is 140 cm³/mol. The van der Waals surface area contributed by atoms with Crippen molar-refractivity contribution < 1.29 is 13.2 Å². The molecule has 0 unspecified atom stereocenters. The minimum Gasteiger partial charge on any atom is -0.372 e. The van der Waals surface area contributed by atoms with Gasteiger partial charge in [0.15, 0.2) is 23.1 Å². The van der Waals surface area contributed by atoms with Crippen LogP contribution in [0.2, 0.25) is 0 Å². The first-order valence-electron chi connectivity index (χ1n) is 12.8. The molecule has 0 spiro atoms. The number of fused-ring (bicyclic) bond motifs is 1. The number of hydrogen-bond acceptors (Lipinski definition) is 6. The van der Waals surface area contributed by atoms with Gasteiger partial charge in [0.25, 0.3) is 0 Å². The standard InChI is InChI=1S/C27H30F3N7/c1-3-19(4-2)37-26-21(25(35-37)33-24-22(29)14-17(28)15-23(24)30)16-31-27(34-26)32-18-8-10-20(11-9-18)36-12-6-5-7-13-36/h8-11,14-16,19H,3-7,12-13H2,1-2H3,(H,33,35)(H,31,32,34). The second kappa shape index (κ2) is 10.7. The zero-order chi connectivity index (χ0) is 25.9. The van der Waals surface area contributed by atoms with Gasteiger partial charge in [0, 0.05) is 42.8 Å². The van der Waals surface area contributed by atoms with E-state index in [2.05, 4.69) is 37.7 Å². The Kier molecular flexibility index (Phi) is 7.16. The summed E-state index contributed by atoms with van der Waals surface area (Å²) in [5.74, 6) is -2.50. The molecular formula is C27H30F3N7. The Labute approximate surface area is 213 Å². The van der Waals surface area contributed by atoms with Crippen LogP contribution < -0.4 is 15.5 Å². The van der Waals surface area contributed by atoms with Gasteiger partial charge >= 0.3 is 0 Å². The molecule has 2 aromatic carbocycles. The van der Waals surface area contributed by atoms with Crippen LogP contribution in [0, 0.1) is 17.5 Å². The molecule has 194 valence electrons. The zero-order valence-electron chi connectivity index (χ0n) is 20.9. The van der Waals surface area contributed by atoms with Crippen LogP contribution in [0.4, 0.5) is 42.0 Å². The van der Waals surface area contributed by atoms with Crippen molar-refractivity contribution in [3.05, 3.63) is 60.0 Å². The van der Waals surface area contributed by atoms with Crippen molar-refractivity contribution in [2.45, 2.75) is 52.0 Å². The van der Waals surface area contributed by atoms with Crippen molar-refractivity contribution >= 4 is 39.9 Å². The highest BCUT2D eigenvalue weighted by atomic mass is 19.1. The maximum absolute atomic E-state index is 14.3. The lowest BCUT2D eigenvalue weighted by atomic mass is 10.1. The fourth-order valence-electron chi connectivity index (χ4n) is 4.78. The fourth-order valence-corrected chi connectivity index (χ4v) is 4.78. The number of nitrogens with one attached hydrogen (secondary N) is 2. The number of aromatic nitrogens is 4. The van der Waals surface area contributed by atoms with E-state index in [9.17, 15) is 13.2 Å². The molecule has 2 aromatic heterocycles. The van der Waals surface area contributed by atoms with Gasteiger partial charge in [-0.2, -0.15) is 10.1 Å². The Morgan fingerprint density at radius 1 is 0.919 bits per heavy atom. The quantitative estimate of drug-likeness (QED) is 0.264. The third kappa shape index (κ3) is 5.19. The average Bonchev–Trinajstić information content (AvgIpc) is 3.25. The Morgan fingerprint density at radius 2 is 1.59 bits per heavy atom. The SMILES string of the molecule is CCC(CC)n1nc(Nc2c(F)cc(F)cc2F)c2cnc(Nc3ccc(N4CCCCC4)cc3)nc21. The smallest absolute Gasteiger partial charge is 0.229 e. The molecule has 4 aromatic rings. The molecule has 10 heteroatoms. The molecule has 0 bridgehead atoms. The second-order valence-corrected chi connectivity index (χ2v) is 9.28. The van der Waals surface area contributed by atoms with Crippen LogP contribution in [0.3, 0.4) is 0 Å². The number of halogens is 3. The molecular weight excluding hydrogens is 479 g/mol. The van der Waals surface area contributed by atoms with Crippen LogP contribution in [0.25, 0.3) is 11.0 Å². The van der Waals surface area contributed by atoms with E-state index in [1.807, 2.05) is 26.0 Å². The molecule has 7 nitrogen and oxygen atoms in total. The van der Waals surface area contributed by atoms with Crippen LogP contribution >= 0.6 is 0 Å². The van der Waals surface area contributed by atoms with Crippen molar-refractivity contribution in [3.8, 4) is 0 Å². The van der Waals surface area contributed by atoms with Crippen molar-refractivity contribution in [3.63, 3.8) is 0 Å². The summed E-state index contributed by atoms with van der Waals surface area (Å²) >= 11 is 0. The number of piperidine rings is 1. The van der Waals surface area contributed by atoms with Gasteiger partial charge in [-0.1, -0.05) is 13.8 Å². The van der Waals surface area contributed by atoms with E-state index in [0.29, 0.717) is 29.1 Å². The first kappa shape index (κ1) is 24.9. The third-order valence-electron chi connectivity index (χ3n) is 6.83. The van der Waals surface area contributed by atoms with Gasteiger partial charge in [0.1, 0.15) is 11.5 Å². The number of rotatable bonds is 8. The Bertz CT molecular complexity index is 1350. The van der Waals surface area contributed by atoms with E-state index >= 15 is 0 Å². The zero-order valence-corrected chi connectivity index (χ0v) is 20.9. The van der Waals surface area contributed by atoms with Crippen LogP contribution in [-0.4, -0.2) is 32.8 Å². The molecule has 0 atom stereocenters. The van der Waals surface area contributed by atoms with E-state index in [4.69, 9.17) is 4.98 Å². The Morgan fingerprint density at radius 3 is 2.24 bits per heavy atom. The van der Waals surface area contributed by atoms with Crippen molar-refractivity contribution in [1.29, 1.82) is 0 Å². The third-order valence-corrected chi connectivity index (χ3v) is 6.83. The Hall–Kier alpha value is -3.82. The molecule has 1 aliphatic heterocycles. The summed E-state index contributed by atoms with van der Waals surface area (Å²) in [6, 6.07) is 9.46. The van der Waals surface area contributed by atoms with Gasteiger partial charge in [-0.25, -0.2) is 22.8 Å². The van der Waals surface area contributed by atoms with E-state index in [1.165, 1.54) is 24.9 Å². The summed E-state index contributed by atoms with van der Waals surface area (Å²) in [5.41, 5.74) is 2.10. The fraction of sp³-hybridized carbons (Fsp3) is 0.370. The lowest BCUT2D eigenvalue weighted by molar-refractivity contribution is 0.440. The molecule has 0 amide bonds. The normalized spacial score (nSPS) is 13.9. The number of benzene rings is 2. The maximum Gasteiger partial charge on any atom is 0.229 e.